The van der Waals surface area contributed by atoms with Gasteiger partial charge in [-0.25, -0.2) is 8.42 Å². The molecule has 1 fully saturated rings. The summed E-state index contributed by atoms with van der Waals surface area (Å²) in [6.07, 6.45) is 1.20. The number of benzene rings is 2. The van der Waals surface area contributed by atoms with E-state index in [9.17, 15) is 8.42 Å². The minimum atomic E-state index is -3.56. The van der Waals surface area contributed by atoms with Crippen LogP contribution in [0.3, 0.4) is 0 Å². The zero-order chi connectivity index (χ0) is 22.7. The van der Waals surface area contributed by atoms with Crippen molar-refractivity contribution in [2.75, 3.05) is 34.4 Å². The van der Waals surface area contributed by atoms with Gasteiger partial charge in [-0.2, -0.15) is 9.29 Å². The number of piperidine rings is 1. The quantitative estimate of drug-likeness (QED) is 0.530. The van der Waals surface area contributed by atoms with Gasteiger partial charge in [-0.15, -0.1) is 0 Å². The summed E-state index contributed by atoms with van der Waals surface area (Å²) in [7, 11) is 1.13. The molecule has 9 nitrogen and oxygen atoms in total. The highest BCUT2D eigenvalue weighted by Gasteiger charge is 2.32. The average molecular weight is 460 g/mol. The first-order valence-electron chi connectivity index (χ1n) is 10.2. The molecule has 0 saturated carbocycles. The van der Waals surface area contributed by atoms with Gasteiger partial charge in [0.2, 0.25) is 21.7 Å². The molecule has 170 valence electrons. The summed E-state index contributed by atoms with van der Waals surface area (Å²) in [6.45, 7) is 0.764. The Labute approximate surface area is 187 Å². The molecular formula is C22H25N3O6S. The Bertz CT molecular complexity index is 1170. The molecule has 2 heterocycles. The molecule has 4 rings (SSSR count). The van der Waals surface area contributed by atoms with Crippen molar-refractivity contribution in [3.63, 3.8) is 0 Å². The largest absolute Gasteiger partial charge is 0.497 e. The molecule has 1 aliphatic heterocycles. The van der Waals surface area contributed by atoms with Gasteiger partial charge >= 0.3 is 0 Å². The first-order valence-corrected chi connectivity index (χ1v) is 11.6. The summed E-state index contributed by atoms with van der Waals surface area (Å²) < 4.78 is 48.6. The van der Waals surface area contributed by atoms with Crippen LogP contribution in [0.15, 0.2) is 51.9 Å². The molecule has 1 aliphatic rings. The predicted molar refractivity (Wildman–Crippen MR) is 117 cm³/mol. The Hall–Kier alpha value is -3.11. The van der Waals surface area contributed by atoms with E-state index < -0.39 is 10.0 Å². The number of sulfonamides is 1. The molecular weight excluding hydrogens is 434 g/mol. The number of aromatic nitrogens is 2. The zero-order valence-corrected chi connectivity index (χ0v) is 19.0. The van der Waals surface area contributed by atoms with Crippen LogP contribution in [0.4, 0.5) is 0 Å². The SMILES string of the molecule is COc1ccc(S(=O)(=O)N2CCC(c3nc(-c4ccc(OC)c(OC)c4)no3)CC2)cc1. The molecule has 0 aliphatic carbocycles. The molecule has 0 amide bonds. The smallest absolute Gasteiger partial charge is 0.243 e. The van der Waals surface area contributed by atoms with Crippen molar-refractivity contribution in [1.29, 1.82) is 0 Å². The minimum absolute atomic E-state index is 0.00119. The molecule has 3 aromatic rings. The second-order valence-electron chi connectivity index (χ2n) is 7.38. The molecule has 0 spiro atoms. The Morgan fingerprint density at radius 3 is 2.25 bits per heavy atom. The maximum absolute atomic E-state index is 12.9. The third kappa shape index (κ3) is 4.28. The summed E-state index contributed by atoms with van der Waals surface area (Å²) in [6, 6.07) is 11.8. The van der Waals surface area contributed by atoms with Gasteiger partial charge in [-0.1, -0.05) is 5.16 Å². The van der Waals surface area contributed by atoms with Crippen LogP contribution in [-0.2, 0) is 10.0 Å². The van der Waals surface area contributed by atoms with Crippen LogP contribution in [0.1, 0.15) is 24.7 Å². The number of hydrogen-bond acceptors (Lipinski definition) is 8. The fourth-order valence-electron chi connectivity index (χ4n) is 3.73. The molecule has 0 bridgehead atoms. The van der Waals surface area contributed by atoms with Gasteiger partial charge in [0.25, 0.3) is 0 Å². The average Bonchev–Trinajstić information content (AvgIpc) is 3.34. The molecule has 0 radical (unpaired) electrons. The number of methoxy groups -OCH3 is 3. The molecule has 0 N–H and O–H groups in total. The van der Waals surface area contributed by atoms with Crippen LogP contribution < -0.4 is 14.2 Å². The Kier molecular flexibility index (Phi) is 6.33. The second-order valence-corrected chi connectivity index (χ2v) is 9.32. The van der Waals surface area contributed by atoms with E-state index in [0.29, 0.717) is 54.9 Å². The lowest BCUT2D eigenvalue weighted by atomic mass is 9.98. The number of nitrogens with zero attached hydrogens (tertiary/aromatic N) is 3. The molecule has 0 unspecified atom stereocenters. The van der Waals surface area contributed by atoms with Gasteiger partial charge in [0.05, 0.1) is 26.2 Å². The number of ether oxygens (including phenoxy) is 3. The van der Waals surface area contributed by atoms with E-state index in [-0.39, 0.29) is 10.8 Å². The minimum Gasteiger partial charge on any atom is -0.497 e. The van der Waals surface area contributed by atoms with E-state index in [4.69, 9.17) is 18.7 Å². The van der Waals surface area contributed by atoms with E-state index in [1.165, 1.54) is 4.31 Å². The van der Waals surface area contributed by atoms with Crippen LogP contribution in [0, 0.1) is 0 Å². The van der Waals surface area contributed by atoms with Gasteiger partial charge < -0.3 is 18.7 Å². The van der Waals surface area contributed by atoms with E-state index in [0.717, 1.165) is 5.56 Å². The number of rotatable bonds is 7. The van der Waals surface area contributed by atoms with Crippen molar-refractivity contribution in [1.82, 2.24) is 14.4 Å². The zero-order valence-electron chi connectivity index (χ0n) is 18.1. The monoisotopic (exact) mass is 459 g/mol. The summed E-state index contributed by atoms with van der Waals surface area (Å²) in [5, 5.41) is 4.10. The van der Waals surface area contributed by atoms with Crippen LogP contribution in [0.25, 0.3) is 11.4 Å². The molecule has 1 aromatic heterocycles. The first-order chi connectivity index (χ1) is 15.5. The van der Waals surface area contributed by atoms with E-state index in [1.807, 2.05) is 6.07 Å². The fourth-order valence-corrected chi connectivity index (χ4v) is 5.20. The Balaban J connectivity index is 1.44. The Morgan fingerprint density at radius 2 is 1.62 bits per heavy atom. The van der Waals surface area contributed by atoms with Crippen molar-refractivity contribution >= 4 is 10.0 Å². The van der Waals surface area contributed by atoms with Gasteiger partial charge in [-0.05, 0) is 55.3 Å². The van der Waals surface area contributed by atoms with Crippen molar-refractivity contribution < 1.29 is 27.2 Å². The summed E-state index contributed by atoms with van der Waals surface area (Å²) in [5.41, 5.74) is 0.747. The third-order valence-electron chi connectivity index (χ3n) is 5.58. The van der Waals surface area contributed by atoms with Crippen LogP contribution in [0.2, 0.25) is 0 Å². The topological polar surface area (TPSA) is 104 Å². The van der Waals surface area contributed by atoms with Gasteiger partial charge in [0, 0.05) is 24.6 Å². The molecule has 1 saturated heterocycles. The molecule has 0 atom stereocenters. The lowest BCUT2D eigenvalue weighted by molar-refractivity contribution is 0.270. The van der Waals surface area contributed by atoms with E-state index >= 15 is 0 Å². The lowest BCUT2D eigenvalue weighted by Crippen LogP contribution is -2.37. The fraction of sp³-hybridized carbons (Fsp3) is 0.364. The molecule has 2 aromatic carbocycles. The third-order valence-corrected chi connectivity index (χ3v) is 7.50. The van der Waals surface area contributed by atoms with Gasteiger partial charge in [-0.3, -0.25) is 0 Å². The van der Waals surface area contributed by atoms with E-state index in [1.54, 1.807) is 57.7 Å². The van der Waals surface area contributed by atoms with Crippen LogP contribution in [-0.4, -0.2) is 57.3 Å². The lowest BCUT2D eigenvalue weighted by Gasteiger charge is -2.29. The highest BCUT2D eigenvalue weighted by atomic mass is 32.2. The van der Waals surface area contributed by atoms with Crippen molar-refractivity contribution in [2.45, 2.75) is 23.7 Å². The first kappa shape index (κ1) is 22.1. The van der Waals surface area contributed by atoms with E-state index in [2.05, 4.69) is 10.1 Å². The summed E-state index contributed by atoms with van der Waals surface area (Å²) in [4.78, 5) is 4.80. The highest BCUT2D eigenvalue weighted by molar-refractivity contribution is 7.89. The summed E-state index contributed by atoms with van der Waals surface area (Å²) in [5.74, 6) is 2.77. The van der Waals surface area contributed by atoms with Crippen LogP contribution >= 0.6 is 0 Å². The maximum Gasteiger partial charge on any atom is 0.243 e. The van der Waals surface area contributed by atoms with Gasteiger partial charge in [0.1, 0.15) is 5.75 Å². The van der Waals surface area contributed by atoms with Crippen molar-refractivity contribution in [2.24, 2.45) is 0 Å². The highest BCUT2D eigenvalue weighted by Crippen LogP contribution is 2.34. The normalized spacial score (nSPS) is 15.5. The van der Waals surface area contributed by atoms with Crippen molar-refractivity contribution in [3.8, 4) is 28.6 Å². The maximum atomic E-state index is 12.9. The molecule has 32 heavy (non-hydrogen) atoms. The van der Waals surface area contributed by atoms with Gasteiger partial charge in [0.15, 0.2) is 11.5 Å². The summed E-state index contributed by atoms with van der Waals surface area (Å²) >= 11 is 0. The molecule has 10 heteroatoms. The standard InChI is InChI=1S/C22H25N3O6S/c1-28-17-5-7-18(8-6-17)32(26,27)25-12-10-15(11-13-25)22-23-21(24-31-22)16-4-9-19(29-2)20(14-16)30-3/h4-9,14-15H,10-13H2,1-3H3. The second kappa shape index (κ2) is 9.17. The predicted octanol–water partition coefficient (Wildman–Crippen LogP) is 3.33. The number of hydrogen-bond donors (Lipinski definition) is 0. The Morgan fingerprint density at radius 1 is 0.938 bits per heavy atom. The van der Waals surface area contributed by atoms with Crippen LogP contribution in [0.5, 0.6) is 17.2 Å². The van der Waals surface area contributed by atoms with Crippen molar-refractivity contribution in [3.05, 3.63) is 48.4 Å².